The normalized spacial score (nSPS) is 19.5. The molecule has 2 aliphatic rings. The third kappa shape index (κ3) is 3.81. The third-order valence-corrected chi connectivity index (χ3v) is 5.63. The summed E-state index contributed by atoms with van der Waals surface area (Å²) in [6.07, 6.45) is 0.156. The number of carbonyl (C=O) groups is 3. The summed E-state index contributed by atoms with van der Waals surface area (Å²) in [4.78, 5) is 42.4. The van der Waals surface area contributed by atoms with Crippen LogP contribution in [0.3, 0.4) is 0 Å². The number of hydrogen-bond donors (Lipinski definition) is 1. The summed E-state index contributed by atoms with van der Waals surface area (Å²) < 4.78 is 0. The maximum Gasteiger partial charge on any atom is 0.253 e. The number of rotatable bonds is 4. The van der Waals surface area contributed by atoms with Crippen LogP contribution in [0.1, 0.15) is 16.8 Å². The predicted octanol–water partition coefficient (Wildman–Crippen LogP) is 1.49. The van der Waals surface area contributed by atoms with E-state index in [2.05, 4.69) is 4.90 Å². The molecule has 2 aromatic rings. The van der Waals surface area contributed by atoms with Gasteiger partial charge in [-0.25, -0.2) is 0 Å². The standard InChI is InChI=1S/C22H24N4O3/c23-21(28)17-14-20(27)26(15-17)19-9-5-4-8-18(19)24-10-12-25(13-11-24)22(29)16-6-2-1-3-7-16/h1-9,17H,10-15H2,(H2,23,28)/t17-/m1/s1. The second kappa shape index (κ2) is 7.95. The van der Waals surface area contributed by atoms with Crippen molar-refractivity contribution in [2.45, 2.75) is 6.42 Å². The fourth-order valence-corrected chi connectivity index (χ4v) is 4.00. The van der Waals surface area contributed by atoms with Gasteiger partial charge in [-0.2, -0.15) is 0 Å². The van der Waals surface area contributed by atoms with Gasteiger partial charge in [-0.15, -0.1) is 0 Å². The lowest BCUT2D eigenvalue weighted by atomic mass is 10.1. The number of piperazine rings is 1. The zero-order valence-electron chi connectivity index (χ0n) is 16.2. The molecule has 0 saturated carbocycles. The average Bonchev–Trinajstić information content (AvgIpc) is 3.16. The number of benzene rings is 2. The van der Waals surface area contributed by atoms with Gasteiger partial charge in [0.05, 0.1) is 17.3 Å². The summed E-state index contributed by atoms with van der Waals surface area (Å²) in [6, 6.07) is 17.0. The first-order valence-corrected chi connectivity index (χ1v) is 9.82. The Morgan fingerprint density at radius 2 is 1.48 bits per heavy atom. The summed E-state index contributed by atoms with van der Waals surface area (Å²) in [7, 11) is 0. The van der Waals surface area contributed by atoms with Crippen LogP contribution in [0.2, 0.25) is 0 Å². The second-order valence-electron chi connectivity index (χ2n) is 7.44. The van der Waals surface area contributed by atoms with Gasteiger partial charge in [0.1, 0.15) is 0 Å². The molecule has 0 aliphatic carbocycles. The van der Waals surface area contributed by atoms with E-state index in [0.717, 1.165) is 11.4 Å². The Labute approximate surface area is 169 Å². The van der Waals surface area contributed by atoms with Crippen LogP contribution >= 0.6 is 0 Å². The Morgan fingerprint density at radius 1 is 0.862 bits per heavy atom. The van der Waals surface area contributed by atoms with E-state index < -0.39 is 11.8 Å². The first-order chi connectivity index (χ1) is 14.0. The van der Waals surface area contributed by atoms with E-state index in [1.807, 2.05) is 59.5 Å². The summed E-state index contributed by atoms with van der Waals surface area (Å²) in [6.45, 7) is 2.89. The largest absolute Gasteiger partial charge is 0.369 e. The Balaban J connectivity index is 1.48. The molecule has 0 bridgehead atoms. The Hall–Kier alpha value is -3.35. The molecule has 0 spiro atoms. The fraction of sp³-hybridized carbons (Fsp3) is 0.318. The van der Waals surface area contributed by atoms with E-state index in [1.54, 1.807) is 4.90 Å². The first-order valence-electron chi connectivity index (χ1n) is 9.82. The molecule has 3 amide bonds. The quantitative estimate of drug-likeness (QED) is 0.854. The molecule has 2 saturated heterocycles. The van der Waals surface area contributed by atoms with Gasteiger partial charge >= 0.3 is 0 Å². The van der Waals surface area contributed by atoms with Gasteiger partial charge in [-0.3, -0.25) is 14.4 Å². The molecule has 2 aromatic carbocycles. The highest BCUT2D eigenvalue weighted by Crippen LogP contribution is 2.34. The number of hydrogen-bond acceptors (Lipinski definition) is 4. The van der Waals surface area contributed by atoms with Crippen molar-refractivity contribution in [3.63, 3.8) is 0 Å². The van der Waals surface area contributed by atoms with Gasteiger partial charge < -0.3 is 20.4 Å². The first kappa shape index (κ1) is 19.0. The maximum absolute atomic E-state index is 12.7. The lowest BCUT2D eigenvalue weighted by Crippen LogP contribution is -2.49. The van der Waals surface area contributed by atoms with Gasteiger partial charge in [-0.05, 0) is 24.3 Å². The van der Waals surface area contributed by atoms with Crippen molar-refractivity contribution in [1.29, 1.82) is 0 Å². The van der Waals surface area contributed by atoms with Gasteiger partial charge in [0, 0.05) is 44.7 Å². The minimum atomic E-state index is -0.448. The van der Waals surface area contributed by atoms with Gasteiger partial charge in [0.2, 0.25) is 11.8 Å². The summed E-state index contributed by atoms with van der Waals surface area (Å²) >= 11 is 0. The third-order valence-electron chi connectivity index (χ3n) is 5.63. The average molecular weight is 392 g/mol. The summed E-state index contributed by atoms with van der Waals surface area (Å²) in [5.74, 6) is -0.932. The molecule has 2 N–H and O–H groups in total. The minimum Gasteiger partial charge on any atom is -0.369 e. The van der Waals surface area contributed by atoms with E-state index >= 15 is 0 Å². The van der Waals surface area contributed by atoms with Gasteiger partial charge in [0.25, 0.3) is 5.91 Å². The monoisotopic (exact) mass is 392 g/mol. The molecular formula is C22H24N4O3. The highest BCUT2D eigenvalue weighted by Gasteiger charge is 2.35. The van der Waals surface area contributed by atoms with Crippen LogP contribution in [0, 0.1) is 5.92 Å². The van der Waals surface area contributed by atoms with Crippen molar-refractivity contribution in [3.8, 4) is 0 Å². The van der Waals surface area contributed by atoms with Crippen molar-refractivity contribution < 1.29 is 14.4 Å². The SMILES string of the molecule is NC(=O)[C@@H]1CC(=O)N(c2ccccc2N2CCN(C(=O)c3ccccc3)CC2)C1. The van der Waals surface area contributed by atoms with Crippen molar-refractivity contribution in [3.05, 3.63) is 60.2 Å². The number of nitrogens with zero attached hydrogens (tertiary/aromatic N) is 3. The van der Waals surface area contributed by atoms with Crippen LogP contribution in [0.15, 0.2) is 54.6 Å². The Kier molecular flexibility index (Phi) is 5.20. The zero-order chi connectivity index (χ0) is 20.4. The van der Waals surface area contributed by atoms with Crippen LogP contribution in [0.4, 0.5) is 11.4 Å². The molecule has 7 heteroatoms. The molecule has 0 unspecified atom stereocenters. The molecule has 0 aromatic heterocycles. The molecule has 2 aliphatic heterocycles. The number of nitrogens with two attached hydrogens (primary N) is 1. The molecular weight excluding hydrogens is 368 g/mol. The van der Waals surface area contributed by atoms with Gasteiger partial charge in [0.15, 0.2) is 0 Å². The molecule has 1 atom stereocenters. The number of amides is 3. The van der Waals surface area contributed by atoms with Crippen LogP contribution in [0.5, 0.6) is 0 Å². The molecule has 4 rings (SSSR count). The topological polar surface area (TPSA) is 86.9 Å². The minimum absolute atomic E-state index is 0.0394. The van der Waals surface area contributed by atoms with Crippen molar-refractivity contribution in [2.75, 3.05) is 42.5 Å². The number of anilines is 2. The van der Waals surface area contributed by atoms with E-state index in [-0.39, 0.29) is 18.2 Å². The van der Waals surface area contributed by atoms with Crippen LogP contribution < -0.4 is 15.5 Å². The van der Waals surface area contributed by atoms with Crippen LogP contribution in [0.25, 0.3) is 0 Å². The van der Waals surface area contributed by atoms with Crippen LogP contribution in [-0.2, 0) is 9.59 Å². The molecule has 0 radical (unpaired) electrons. The number of carbonyl (C=O) groups excluding carboxylic acids is 3. The van der Waals surface area contributed by atoms with E-state index in [4.69, 9.17) is 5.73 Å². The fourth-order valence-electron chi connectivity index (χ4n) is 4.00. The van der Waals surface area contributed by atoms with Crippen LogP contribution in [-0.4, -0.2) is 55.3 Å². The van der Waals surface area contributed by atoms with E-state index in [1.165, 1.54) is 0 Å². The van der Waals surface area contributed by atoms with Crippen molar-refractivity contribution in [2.24, 2.45) is 11.7 Å². The Morgan fingerprint density at radius 3 is 2.10 bits per heavy atom. The zero-order valence-corrected chi connectivity index (χ0v) is 16.2. The Bertz CT molecular complexity index is 923. The van der Waals surface area contributed by atoms with E-state index in [0.29, 0.717) is 38.3 Å². The van der Waals surface area contributed by atoms with Crippen molar-refractivity contribution in [1.82, 2.24) is 4.90 Å². The summed E-state index contributed by atoms with van der Waals surface area (Å²) in [5.41, 5.74) is 7.84. The number of para-hydroxylation sites is 2. The highest BCUT2D eigenvalue weighted by molar-refractivity contribution is 6.02. The lowest BCUT2D eigenvalue weighted by Gasteiger charge is -2.37. The molecule has 2 fully saturated rings. The molecule has 7 nitrogen and oxygen atoms in total. The molecule has 150 valence electrons. The molecule has 29 heavy (non-hydrogen) atoms. The van der Waals surface area contributed by atoms with Crippen molar-refractivity contribution >= 4 is 29.1 Å². The highest BCUT2D eigenvalue weighted by atomic mass is 16.2. The van der Waals surface area contributed by atoms with Gasteiger partial charge in [-0.1, -0.05) is 30.3 Å². The number of primary amides is 1. The smallest absolute Gasteiger partial charge is 0.253 e. The lowest BCUT2D eigenvalue weighted by molar-refractivity contribution is -0.123. The maximum atomic E-state index is 12.7. The predicted molar refractivity (Wildman–Crippen MR) is 111 cm³/mol. The second-order valence-corrected chi connectivity index (χ2v) is 7.44. The molecule has 2 heterocycles. The van der Waals surface area contributed by atoms with E-state index in [9.17, 15) is 14.4 Å². The summed E-state index contributed by atoms with van der Waals surface area (Å²) in [5, 5.41) is 0.